The molecule has 0 aromatic carbocycles. The number of hydrogen-bond acceptors (Lipinski definition) is 4. The van der Waals surface area contributed by atoms with Crippen molar-refractivity contribution in [1.29, 1.82) is 0 Å². The first kappa shape index (κ1) is 10.1. The van der Waals surface area contributed by atoms with Crippen LogP contribution in [0.15, 0.2) is 11.7 Å². The number of aryl methyl sites for hydroxylation is 1. The van der Waals surface area contributed by atoms with Crippen LogP contribution in [0, 0.1) is 6.92 Å². The van der Waals surface area contributed by atoms with E-state index in [9.17, 15) is 4.79 Å². The summed E-state index contributed by atoms with van der Waals surface area (Å²) in [5.41, 5.74) is 0.893. The standard InChI is InChI=1S/C8H7ClN4OS/c1-4-2-15-6(5(4)9)7(14)12-8-10-3-11-13-8/h2-3H,1H3,(H2,10,11,12,13,14). The van der Waals surface area contributed by atoms with Gasteiger partial charge in [0.2, 0.25) is 5.95 Å². The van der Waals surface area contributed by atoms with Crippen molar-refractivity contribution < 1.29 is 4.79 Å². The molecule has 0 saturated carbocycles. The summed E-state index contributed by atoms with van der Waals surface area (Å²) in [5, 5.41) is 11.0. The number of rotatable bonds is 2. The SMILES string of the molecule is Cc1csc(C(=O)Nc2ncn[nH]2)c1Cl. The molecular weight excluding hydrogens is 236 g/mol. The number of amides is 1. The second-order valence-corrected chi connectivity index (χ2v) is 4.11. The Bertz CT molecular complexity index is 479. The van der Waals surface area contributed by atoms with Gasteiger partial charge in [-0.2, -0.15) is 10.1 Å². The number of halogens is 1. The molecule has 1 amide bonds. The van der Waals surface area contributed by atoms with E-state index in [0.29, 0.717) is 15.8 Å². The van der Waals surface area contributed by atoms with E-state index in [0.717, 1.165) is 5.56 Å². The van der Waals surface area contributed by atoms with Gasteiger partial charge in [0.15, 0.2) is 0 Å². The number of nitrogens with zero attached hydrogens (tertiary/aromatic N) is 2. The first-order valence-corrected chi connectivity index (χ1v) is 5.34. The van der Waals surface area contributed by atoms with Crippen LogP contribution in [0.4, 0.5) is 5.95 Å². The van der Waals surface area contributed by atoms with Gasteiger partial charge in [-0.3, -0.25) is 10.1 Å². The van der Waals surface area contributed by atoms with Crippen LogP contribution in [0.5, 0.6) is 0 Å². The lowest BCUT2D eigenvalue weighted by Gasteiger charge is -1.98. The summed E-state index contributed by atoms with van der Waals surface area (Å²) in [6.07, 6.45) is 1.32. The third-order valence-corrected chi connectivity index (χ3v) is 3.45. The number of carbonyl (C=O) groups is 1. The quantitative estimate of drug-likeness (QED) is 0.847. The molecule has 0 bridgehead atoms. The van der Waals surface area contributed by atoms with E-state index in [1.54, 1.807) is 0 Å². The van der Waals surface area contributed by atoms with Crippen molar-refractivity contribution in [2.24, 2.45) is 0 Å². The highest BCUT2D eigenvalue weighted by Crippen LogP contribution is 2.27. The Morgan fingerprint density at radius 1 is 1.67 bits per heavy atom. The number of nitrogens with one attached hydrogen (secondary N) is 2. The van der Waals surface area contributed by atoms with E-state index in [1.807, 2.05) is 12.3 Å². The van der Waals surface area contributed by atoms with Crippen molar-refractivity contribution >= 4 is 34.8 Å². The molecule has 2 rings (SSSR count). The van der Waals surface area contributed by atoms with Gasteiger partial charge < -0.3 is 0 Å². The van der Waals surface area contributed by atoms with E-state index < -0.39 is 0 Å². The molecular formula is C8H7ClN4OS. The molecule has 0 unspecified atom stereocenters. The Morgan fingerprint density at radius 2 is 2.47 bits per heavy atom. The van der Waals surface area contributed by atoms with Gasteiger partial charge in [-0.05, 0) is 17.9 Å². The van der Waals surface area contributed by atoms with Crippen LogP contribution in [0.3, 0.4) is 0 Å². The van der Waals surface area contributed by atoms with Gasteiger partial charge in [-0.15, -0.1) is 11.3 Å². The van der Waals surface area contributed by atoms with E-state index >= 15 is 0 Å². The van der Waals surface area contributed by atoms with Gasteiger partial charge >= 0.3 is 0 Å². The molecule has 0 spiro atoms. The highest BCUT2D eigenvalue weighted by molar-refractivity contribution is 7.13. The monoisotopic (exact) mass is 242 g/mol. The molecule has 2 aromatic rings. The Hall–Kier alpha value is -1.40. The molecule has 7 heteroatoms. The smallest absolute Gasteiger partial charge is 0.269 e. The van der Waals surface area contributed by atoms with Crippen LogP contribution in [0.2, 0.25) is 5.02 Å². The topological polar surface area (TPSA) is 70.7 Å². The molecule has 0 saturated heterocycles. The minimum absolute atomic E-state index is 0.283. The molecule has 0 radical (unpaired) electrons. The fourth-order valence-corrected chi connectivity index (χ4v) is 2.19. The number of carbonyl (C=O) groups excluding carboxylic acids is 1. The predicted octanol–water partition coefficient (Wildman–Crippen LogP) is 2.08. The van der Waals surface area contributed by atoms with Gasteiger partial charge in [0.25, 0.3) is 5.91 Å². The number of aromatic nitrogens is 3. The average molecular weight is 243 g/mol. The Balaban J connectivity index is 2.19. The summed E-state index contributed by atoms with van der Waals surface area (Å²) < 4.78 is 0. The van der Waals surface area contributed by atoms with Crippen molar-refractivity contribution in [2.45, 2.75) is 6.92 Å². The Kier molecular flexibility index (Phi) is 2.70. The molecule has 0 aliphatic carbocycles. The molecule has 78 valence electrons. The first-order chi connectivity index (χ1) is 7.18. The second kappa shape index (κ2) is 4.00. The molecule has 0 aliphatic heterocycles. The molecule has 0 fully saturated rings. The van der Waals surface area contributed by atoms with Crippen molar-refractivity contribution in [3.8, 4) is 0 Å². The van der Waals surface area contributed by atoms with E-state index in [-0.39, 0.29) is 5.91 Å². The summed E-state index contributed by atoms with van der Waals surface area (Å²) in [7, 11) is 0. The molecule has 2 aromatic heterocycles. The third kappa shape index (κ3) is 2.00. The zero-order chi connectivity index (χ0) is 10.8. The first-order valence-electron chi connectivity index (χ1n) is 4.09. The fourth-order valence-electron chi connectivity index (χ4n) is 1.01. The van der Waals surface area contributed by atoms with Gasteiger partial charge in [0, 0.05) is 0 Å². The van der Waals surface area contributed by atoms with Crippen molar-refractivity contribution in [3.63, 3.8) is 0 Å². The lowest BCUT2D eigenvalue weighted by atomic mass is 10.3. The maximum absolute atomic E-state index is 11.7. The largest absolute Gasteiger partial charge is 0.290 e. The number of H-pyrrole nitrogens is 1. The number of anilines is 1. The zero-order valence-electron chi connectivity index (χ0n) is 7.74. The minimum atomic E-state index is -0.283. The van der Waals surface area contributed by atoms with E-state index in [1.165, 1.54) is 17.7 Å². The maximum atomic E-state index is 11.7. The average Bonchev–Trinajstić information content (AvgIpc) is 2.79. The molecule has 5 nitrogen and oxygen atoms in total. The number of aromatic amines is 1. The predicted molar refractivity (Wildman–Crippen MR) is 58.4 cm³/mol. The van der Waals surface area contributed by atoms with E-state index in [2.05, 4.69) is 20.5 Å². The molecule has 0 atom stereocenters. The van der Waals surface area contributed by atoms with Gasteiger partial charge in [-0.1, -0.05) is 11.6 Å². The molecule has 15 heavy (non-hydrogen) atoms. The van der Waals surface area contributed by atoms with Crippen LogP contribution in [-0.2, 0) is 0 Å². The highest BCUT2D eigenvalue weighted by atomic mass is 35.5. The van der Waals surface area contributed by atoms with Crippen LogP contribution < -0.4 is 5.32 Å². The lowest BCUT2D eigenvalue weighted by molar-refractivity contribution is 0.103. The maximum Gasteiger partial charge on any atom is 0.269 e. The van der Waals surface area contributed by atoms with Crippen molar-refractivity contribution in [3.05, 3.63) is 27.2 Å². The summed E-state index contributed by atoms with van der Waals surface area (Å²) >= 11 is 7.25. The van der Waals surface area contributed by atoms with Crippen molar-refractivity contribution in [1.82, 2.24) is 15.2 Å². The summed E-state index contributed by atoms with van der Waals surface area (Å²) in [4.78, 5) is 15.9. The number of hydrogen-bond donors (Lipinski definition) is 2. The van der Waals surface area contributed by atoms with E-state index in [4.69, 9.17) is 11.6 Å². The summed E-state index contributed by atoms with van der Waals surface area (Å²) in [5.74, 6) is 0.0250. The molecule has 0 aliphatic rings. The highest BCUT2D eigenvalue weighted by Gasteiger charge is 2.15. The van der Waals surface area contributed by atoms with Crippen molar-refractivity contribution in [2.75, 3.05) is 5.32 Å². The van der Waals surface area contributed by atoms with Gasteiger partial charge in [0.05, 0.1) is 5.02 Å². The Morgan fingerprint density at radius 3 is 3.00 bits per heavy atom. The lowest BCUT2D eigenvalue weighted by Crippen LogP contribution is -2.11. The summed E-state index contributed by atoms with van der Waals surface area (Å²) in [6, 6.07) is 0. The van der Waals surface area contributed by atoms with Gasteiger partial charge in [-0.25, -0.2) is 5.10 Å². The van der Waals surface area contributed by atoms with Crippen LogP contribution >= 0.6 is 22.9 Å². The Labute approximate surface area is 94.5 Å². The minimum Gasteiger partial charge on any atom is -0.290 e. The summed E-state index contributed by atoms with van der Waals surface area (Å²) in [6.45, 7) is 1.85. The van der Waals surface area contributed by atoms with Crippen LogP contribution in [0.25, 0.3) is 0 Å². The third-order valence-electron chi connectivity index (χ3n) is 1.75. The zero-order valence-corrected chi connectivity index (χ0v) is 9.32. The molecule has 2 heterocycles. The fraction of sp³-hybridized carbons (Fsp3) is 0.125. The van der Waals surface area contributed by atoms with Gasteiger partial charge in [0.1, 0.15) is 11.2 Å². The van der Waals surface area contributed by atoms with Crippen LogP contribution in [-0.4, -0.2) is 21.1 Å². The normalized spacial score (nSPS) is 10.3. The number of thiophene rings is 1. The van der Waals surface area contributed by atoms with Crippen LogP contribution in [0.1, 0.15) is 15.2 Å². The second-order valence-electron chi connectivity index (χ2n) is 2.85. The molecule has 2 N–H and O–H groups in total.